The zero-order valence-corrected chi connectivity index (χ0v) is 11.2. The SMILES string of the molecule is CCOC1(c2nccc(Cl)n2)CCCC(C)C1. The molecule has 2 atom stereocenters. The Labute approximate surface area is 108 Å². The van der Waals surface area contributed by atoms with Crippen molar-refractivity contribution >= 4 is 11.6 Å². The van der Waals surface area contributed by atoms with Crippen LogP contribution in [0.4, 0.5) is 0 Å². The van der Waals surface area contributed by atoms with Crippen LogP contribution in [0.1, 0.15) is 45.4 Å². The molecule has 0 bridgehead atoms. The van der Waals surface area contributed by atoms with Gasteiger partial charge in [0.05, 0.1) is 0 Å². The Morgan fingerprint density at radius 1 is 1.59 bits per heavy atom. The summed E-state index contributed by atoms with van der Waals surface area (Å²) in [4.78, 5) is 8.72. The minimum Gasteiger partial charge on any atom is -0.367 e. The van der Waals surface area contributed by atoms with E-state index in [0.29, 0.717) is 17.7 Å². The van der Waals surface area contributed by atoms with Crippen LogP contribution < -0.4 is 0 Å². The van der Waals surface area contributed by atoms with Crippen LogP contribution in [-0.2, 0) is 10.3 Å². The van der Waals surface area contributed by atoms with Crippen LogP contribution in [0.2, 0.25) is 5.15 Å². The molecule has 0 amide bonds. The first-order valence-electron chi connectivity index (χ1n) is 6.29. The highest BCUT2D eigenvalue weighted by atomic mass is 35.5. The van der Waals surface area contributed by atoms with E-state index in [4.69, 9.17) is 16.3 Å². The quantitative estimate of drug-likeness (QED) is 0.774. The first kappa shape index (κ1) is 12.8. The van der Waals surface area contributed by atoms with Gasteiger partial charge >= 0.3 is 0 Å². The lowest BCUT2D eigenvalue weighted by Gasteiger charge is -2.38. The van der Waals surface area contributed by atoms with Gasteiger partial charge in [0.15, 0.2) is 5.82 Å². The molecule has 1 saturated carbocycles. The van der Waals surface area contributed by atoms with Crippen molar-refractivity contribution in [2.45, 2.75) is 45.1 Å². The fourth-order valence-corrected chi connectivity index (χ4v) is 2.87. The lowest BCUT2D eigenvalue weighted by Crippen LogP contribution is -2.37. The Kier molecular flexibility index (Phi) is 4.00. The van der Waals surface area contributed by atoms with Gasteiger partial charge in [-0.25, -0.2) is 9.97 Å². The van der Waals surface area contributed by atoms with Crippen LogP contribution in [0.15, 0.2) is 12.3 Å². The number of nitrogens with zero attached hydrogens (tertiary/aromatic N) is 2. The maximum absolute atomic E-state index is 6.00. The first-order chi connectivity index (χ1) is 8.16. The van der Waals surface area contributed by atoms with Gasteiger partial charge in [-0.05, 0) is 38.2 Å². The van der Waals surface area contributed by atoms with Crippen LogP contribution in [0.25, 0.3) is 0 Å². The number of halogens is 1. The second-order valence-corrected chi connectivity index (χ2v) is 5.22. The van der Waals surface area contributed by atoms with Gasteiger partial charge in [0.2, 0.25) is 0 Å². The molecule has 0 N–H and O–H groups in total. The summed E-state index contributed by atoms with van der Waals surface area (Å²) in [5.41, 5.74) is -0.322. The van der Waals surface area contributed by atoms with Gasteiger partial charge < -0.3 is 4.74 Å². The van der Waals surface area contributed by atoms with Crippen molar-refractivity contribution in [2.75, 3.05) is 6.61 Å². The predicted octanol–water partition coefficient (Wildman–Crippen LogP) is 3.57. The average Bonchev–Trinajstić information content (AvgIpc) is 2.29. The van der Waals surface area contributed by atoms with E-state index in [9.17, 15) is 0 Å². The maximum Gasteiger partial charge on any atom is 0.161 e. The van der Waals surface area contributed by atoms with Gasteiger partial charge in [0.1, 0.15) is 10.8 Å². The number of hydrogen-bond donors (Lipinski definition) is 0. The number of hydrogen-bond acceptors (Lipinski definition) is 3. The van der Waals surface area contributed by atoms with E-state index < -0.39 is 0 Å². The number of aromatic nitrogens is 2. The van der Waals surface area contributed by atoms with Crippen LogP contribution in [0.3, 0.4) is 0 Å². The Balaban J connectivity index is 2.32. The maximum atomic E-state index is 6.00. The fraction of sp³-hybridized carbons (Fsp3) is 0.692. The molecule has 1 aliphatic carbocycles. The van der Waals surface area contributed by atoms with Crippen LogP contribution in [-0.4, -0.2) is 16.6 Å². The highest BCUT2D eigenvalue weighted by molar-refractivity contribution is 6.29. The third kappa shape index (κ3) is 2.78. The Morgan fingerprint density at radius 3 is 3.06 bits per heavy atom. The third-order valence-electron chi connectivity index (χ3n) is 3.41. The van der Waals surface area contributed by atoms with E-state index in [-0.39, 0.29) is 5.60 Å². The summed E-state index contributed by atoms with van der Waals surface area (Å²) >= 11 is 5.96. The molecule has 1 fully saturated rings. The van der Waals surface area contributed by atoms with Crippen LogP contribution >= 0.6 is 11.6 Å². The molecule has 2 unspecified atom stereocenters. The smallest absolute Gasteiger partial charge is 0.161 e. The second-order valence-electron chi connectivity index (χ2n) is 4.83. The van der Waals surface area contributed by atoms with E-state index in [0.717, 1.165) is 25.1 Å². The fourth-order valence-electron chi connectivity index (χ4n) is 2.73. The summed E-state index contributed by atoms with van der Waals surface area (Å²) in [6.45, 7) is 4.96. The highest BCUT2D eigenvalue weighted by Crippen LogP contribution is 2.41. The number of rotatable bonds is 3. The van der Waals surface area contributed by atoms with E-state index in [1.54, 1.807) is 12.3 Å². The summed E-state index contributed by atoms with van der Waals surface area (Å²) in [7, 11) is 0. The molecule has 94 valence electrons. The zero-order valence-electron chi connectivity index (χ0n) is 10.4. The normalized spacial score (nSPS) is 29.2. The standard InChI is InChI=1S/C13H19ClN2O/c1-3-17-13(7-4-5-10(2)9-13)12-15-8-6-11(14)16-12/h6,8,10H,3-5,7,9H2,1-2H3. The molecule has 17 heavy (non-hydrogen) atoms. The molecule has 3 nitrogen and oxygen atoms in total. The molecule has 0 spiro atoms. The van der Waals surface area contributed by atoms with Crippen molar-refractivity contribution in [3.05, 3.63) is 23.2 Å². The molecule has 4 heteroatoms. The zero-order chi connectivity index (χ0) is 12.3. The largest absolute Gasteiger partial charge is 0.367 e. The molecule has 0 saturated heterocycles. The van der Waals surface area contributed by atoms with E-state index in [2.05, 4.69) is 16.9 Å². The van der Waals surface area contributed by atoms with Crippen molar-refractivity contribution in [2.24, 2.45) is 5.92 Å². The lowest BCUT2D eigenvalue weighted by molar-refractivity contribution is -0.0881. The summed E-state index contributed by atoms with van der Waals surface area (Å²) < 4.78 is 6.00. The molecule has 2 rings (SSSR count). The summed E-state index contributed by atoms with van der Waals surface area (Å²) in [5.74, 6) is 1.40. The van der Waals surface area contributed by atoms with Crippen LogP contribution in [0, 0.1) is 5.92 Å². The summed E-state index contributed by atoms with van der Waals surface area (Å²) in [6.07, 6.45) is 6.11. The lowest BCUT2D eigenvalue weighted by atomic mass is 9.78. The molecule has 0 aromatic carbocycles. The van der Waals surface area contributed by atoms with Crippen molar-refractivity contribution in [3.8, 4) is 0 Å². The molecule has 1 aromatic rings. The summed E-state index contributed by atoms with van der Waals surface area (Å²) in [6, 6.07) is 1.71. The molecule has 0 radical (unpaired) electrons. The molecule has 0 aliphatic heterocycles. The Morgan fingerprint density at radius 2 is 2.41 bits per heavy atom. The summed E-state index contributed by atoms with van der Waals surface area (Å²) in [5, 5.41) is 0.493. The average molecular weight is 255 g/mol. The first-order valence-corrected chi connectivity index (χ1v) is 6.67. The van der Waals surface area contributed by atoms with E-state index in [1.165, 1.54) is 6.42 Å². The Bertz CT molecular complexity index is 381. The molecular weight excluding hydrogens is 236 g/mol. The van der Waals surface area contributed by atoms with Gasteiger partial charge in [0.25, 0.3) is 0 Å². The van der Waals surface area contributed by atoms with Gasteiger partial charge in [-0.15, -0.1) is 0 Å². The third-order valence-corrected chi connectivity index (χ3v) is 3.62. The van der Waals surface area contributed by atoms with E-state index >= 15 is 0 Å². The number of ether oxygens (including phenoxy) is 1. The molecular formula is C13H19ClN2O. The van der Waals surface area contributed by atoms with Crippen molar-refractivity contribution in [3.63, 3.8) is 0 Å². The van der Waals surface area contributed by atoms with Crippen molar-refractivity contribution < 1.29 is 4.74 Å². The predicted molar refractivity (Wildman–Crippen MR) is 68.0 cm³/mol. The highest BCUT2D eigenvalue weighted by Gasteiger charge is 2.39. The minimum atomic E-state index is -0.322. The van der Waals surface area contributed by atoms with Crippen molar-refractivity contribution in [1.82, 2.24) is 9.97 Å². The Hall–Kier alpha value is -0.670. The molecule has 1 aliphatic rings. The van der Waals surface area contributed by atoms with Crippen molar-refractivity contribution in [1.29, 1.82) is 0 Å². The van der Waals surface area contributed by atoms with Gasteiger partial charge in [-0.1, -0.05) is 24.9 Å². The van der Waals surface area contributed by atoms with Gasteiger partial charge in [-0.2, -0.15) is 0 Å². The van der Waals surface area contributed by atoms with E-state index in [1.807, 2.05) is 6.92 Å². The minimum absolute atomic E-state index is 0.322. The molecule has 1 heterocycles. The van der Waals surface area contributed by atoms with Crippen LogP contribution in [0.5, 0.6) is 0 Å². The van der Waals surface area contributed by atoms with Gasteiger partial charge in [-0.3, -0.25) is 0 Å². The topological polar surface area (TPSA) is 35.0 Å². The van der Waals surface area contributed by atoms with Gasteiger partial charge in [0, 0.05) is 12.8 Å². The monoisotopic (exact) mass is 254 g/mol. The second kappa shape index (κ2) is 5.32. The molecule has 1 aromatic heterocycles.